The van der Waals surface area contributed by atoms with Crippen molar-refractivity contribution in [3.05, 3.63) is 76.6 Å². The molecule has 9 nitrogen and oxygen atoms in total. The van der Waals surface area contributed by atoms with Gasteiger partial charge in [-0.15, -0.1) is 0 Å². The summed E-state index contributed by atoms with van der Waals surface area (Å²) in [5, 5.41) is 12.4. The normalized spacial score (nSPS) is 14.9. The SMILES string of the molecule is Cc1c(C#N)c(NC(=O)COC(=O)[C@@H]2CCCN2C(=O)c2ccco2)n(Cc2ccc(F)cc2)c1C. The smallest absolute Gasteiger partial charge is 0.329 e. The lowest BCUT2D eigenvalue weighted by Gasteiger charge is -2.22. The molecule has 1 aliphatic heterocycles. The van der Waals surface area contributed by atoms with E-state index in [2.05, 4.69) is 11.4 Å². The highest BCUT2D eigenvalue weighted by atomic mass is 19.1. The van der Waals surface area contributed by atoms with Crippen LogP contribution in [0.25, 0.3) is 0 Å². The fourth-order valence-corrected chi connectivity index (χ4v) is 4.30. The highest BCUT2D eigenvalue weighted by Crippen LogP contribution is 2.27. The Bertz CT molecular complexity index is 1320. The molecule has 1 aliphatic rings. The number of nitrogens with zero attached hydrogens (tertiary/aromatic N) is 3. The molecule has 3 heterocycles. The molecule has 3 aromatic rings. The van der Waals surface area contributed by atoms with Crippen LogP contribution in [-0.2, 0) is 20.9 Å². The van der Waals surface area contributed by atoms with Gasteiger partial charge in [0.05, 0.1) is 11.8 Å². The number of ether oxygens (including phenoxy) is 1. The first-order chi connectivity index (χ1) is 17.3. The van der Waals surface area contributed by atoms with Crippen LogP contribution in [0.4, 0.5) is 10.2 Å². The summed E-state index contributed by atoms with van der Waals surface area (Å²) in [6.45, 7) is 3.70. The molecule has 1 N–H and O–H groups in total. The second-order valence-corrected chi connectivity index (χ2v) is 8.55. The number of nitriles is 1. The molecule has 36 heavy (non-hydrogen) atoms. The molecule has 10 heteroatoms. The fourth-order valence-electron chi connectivity index (χ4n) is 4.30. The molecule has 1 saturated heterocycles. The van der Waals surface area contributed by atoms with Crippen molar-refractivity contribution in [1.29, 1.82) is 5.26 Å². The third-order valence-corrected chi connectivity index (χ3v) is 6.32. The molecule has 186 valence electrons. The predicted molar refractivity (Wildman–Crippen MR) is 126 cm³/mol. The minimum absolute atomic E-state index is 0.129. The van der Waals surface area contributed by atoms with Gasteiger partial charge in [-0.25, -0.2) is 9.18 Å². The number of carbonyl (C=O) groups is 3. The Kier molecular flexibility index (Phi) is 7.20. The van der Waals surface area contributed by atoms with Crippen LogP contribution in [0.5, 0.6) is 0 Å². The molecular formula is C26H25FN4O5. The summed E-state index contributed by atoms with van der Waals surface area (Å²) in [5.41, 5.74) is 2.54. The maximum absolute atomic E-state index is 13.3. The minimum Gasteiger partial charge on any atom is -0.459 e. The van der Waals surface area contributed by atoms with E-state index >= 15 is 0 Å². The van der Waals surface area contributed by atoms with Gasteiger partial charge in [0.25, 0.3) is 11.8 Å². The summed E-state index contributed by atoms with van der Waals surface area (Å²) in [6, 6.07) is 10.3. The number of hydrogen-bond donors (Lipinski definition) is 1. The van der Waals surface area contributed by atoms with Gasteiger partial charge in [0, 0.05) is 18.8 Å². The summed E-state index contributed by atoms with van der Waals surface area (Å²) in [6.07, 6.45) is 2.43. The van der Waals surface area contributed by atoms with E-state index in [1.165, 1.54) is 29.4 Å². The van der Waals surface area contributed by atoms with Gasteiger partial charge in [0.1, 0.15) is 23.7 Å². The molecule has 1 atom stereocenters. The van der Waals surface area contributed by atoms with E-state index in [9.17, 15) is 24.0 Å². The molecule has 4 rings (SSSR count). The minimum atomic E-state index is -0.808. The van der Waals surface area contributed by atoms with Gasteiger partial charge < -0.3 is 23.9 Å². The summed E-state index contributed by atoms with van der Waals surface area (Å²) in [5.74, 6) is -1.68. The molecule has 0 radical (unpaired) electrons. The van der Waals surface area contributed by atoms with Gasteiger partial charge in [-0.3, -0.25) is 9.59 Å². The number of amides is 2. The summed E-state index contributed by atoms with van der Waals surface area (Å²) in [7, 11) is 0. The maximum Gasteiger partial charge on any atom is 0.329 e. The Hall–Kier alpha value is -4.39. The third kappa shape index (κ3) is 5.00. The zero-order chi connectivity index (χ0) is 25.8. The molecule has 0 spiro atoms. The highest BCUT2D eigenvalue weighted by molar-refractivity contribution is 5.96. The van der Waals surface area contributed by atoms with E-state index in [-0.39, 0.29) is 17.4 Å². The van der Waals surface area contributed by atoms with Gasteiger partial charge in [-0.1, -0.05) is 12.1 Å². The lowest BCUT2D eigenvalue weighted by molar-refractivity contribution is -0.151. The Morgan fingerprint density at radius 2 is 1.97 bits per heavy atom. The van der Waals surface area contributed by atoms with Crippen LogP contribution in [0.1, 0.15) is 45.8 Å². The molecule has 2 amide bonds. The van der Waals surface area contributed by atoms with Crippen molar-refractivity contribution < 1.29 is 27.9 Å². The Labute approximate surface area is 207 Å². The molecule has 0 aliphatic carbocycles. The van der Waals surface area contributed by atoms with E-state index in [0.29, 0.717) is 37.1 Å². The van der Waals surface area contributed by atoms with Crippen molar-refractivity contribution in [2.45, 2.75) is 39.3 Å². The molecule has 1 aromatic carbocycles. The van der Waals surface area contributed by atoms with Gasteiger partial charge in [-0.05, 0) is 62.1 Å². The van der Waals surface area contributed by atoms with E-state index in [4.69, 9.17) is 9.15 Å². The van der Waals surface area contributed by atoms with Crippen molar-refractivity contribution in [3.63, 3.8) is 0 Å². The summed E-state index contributed by atoms with van der Waals surface area (Å²) in [4.78, 5) is 39.4. The van der Waals surface area contributed by atoms with Crippen LogP contribution in [0, 0.1) is 31.0 Å². The van der Waals surface area contributed by atoms with Crippen LogP contribution in [-0.4, -0.2) is 46.4 Å². The van der Waals surface area contributed by atoms with Gasteiger partial charge in [0.2, 0.25) is 0 Å². The van der Waals surface area contributed by atoms with Crippen molar-refractivity contribution >= 4 is 23.6 Å². The van der Waals surface area contributed by atoms with Crippen LogP contribution in [0.3, 0.4) is 0 Å². The first kappa shape index (κ1) is 24.7. The maximum atomic E-state index is 13.3. The molecular weight excluding hydrogens is 467 g/mol. The zero-order valence-electron chi connectivity index (χ0n) is 19.9. The Morgan fingerprint density at radius 1 is 1.22 bits per heavy atom. The summed E-state index contributed by atoms with van der Waals surface area (Å²) >= 11 is 0. The first-order valence-corrected chi connectivity index (χ1v) is 11.4. The number of rotatable bonds is 7. The van der Waals surface area contributed by atoms with Crippen molar-refractivity contribution in [3.8, 4) is 6.07 Å². The van der Waals surface area contributed by atoms with Crippen LogP contribution in [0.2, 0.25) is 0 Å². The number of aromatic nitrogens is 1. The average Bonchev–Trinajstić information content (AvgIpc) is 3.62. The van der Waals surface area contributed by atoms with Crippen molar-refractivity contribution in [2.24, 2.45) is 0 Å². The van der Waals surface area contributed by atoms with Gasteiger partial charge in [0.15, 0.2) is 12.4 Å². The number of nitrogens with one attached hydrogen (secondary N) is 1. The lowest BCUT2D eigenvalue weighted by atomic mass is 10.2. The number of halogens is 1. The second-order valence-electron chi connectivity index (χ2n) is 8.55. The van der Waals surface area contributed by atoms with Crippen LogP contribution in [0.15, 0.2) is 47.1 Å². The number of anilines is 1. The first-order valence-electron chi connectivity index (χ1n) is 11.4. The van der Waals surface area contributed by atoms with E-state index in [1.807, 2.05) is 6.92 Å². The zero-order valence-corrected chi connectivity index (χ0v) is 19.9. The molecule has 0 unspecified atom stereocenters. The quantitative estimate of drug-likeness (QED) is 0.504. The number of furan rings is 1. The number of likely N-dealkylation sites (tertiary alicyclic amines) is 1. The highest BCUT2D eigenvalue weighted by Gasteiger charge is 2.37. The number of hydrogen-bond acceptors (Lipinski definition) is 6. The molecule has 0 bridgehead atoms. The van der Waals surface area contributed by atoms with Crippen LogP contribution >= 0.6 is 0 Å². The average molecular weight is 493 g/mol. The molecule has 1 fully saturated rings. The standard InChI is InChI=1S/C26H25FN4O5/c1-16-17(2)31(14-18-7-9-19(27)10-8-18)24(20(16)13-28)29-23(32)15-36-26(34)21-5-3-11-30(21)25(33)22-6-4-12-35-22/h4,6-10,12,21H,3,5,11,14-15H2,1-2H3,(H,29,32)/t21-/m0/s1. The largest absolute Gasteiger partial charge is 0.459 e. The van der Waals surface area contributed by atoms with Gasteiger partial charge >= 0.3 is 5.97 Å². The van der Waals surface area contributed by atoms with E-state index < -0.39 is 30.4 Å². The van der Waals surface area contributed by atoms with E-state index in [0.717, 1.165) is 11.3 Å². The van der Waals surface area contributed by atoms with Crippen molar-refractivity contribution in [2.75, 3.05) is 18.5 Å². The Morgan fingerprint density at radius 3 is 2.64 bits per heavy atom. The lowest BCUT2D eigenvalue weighted by Crippen LogP contribution is -2.42. The summed E-state index contributed by atoms with van der Waals surface area (Å²) < 4.78 is 25.4. The van der Waals surface area contributed by atoms with E-state index in [1.54, 1.807) is 29.7 Å². The third-order valence-electron chi connectivity index (χ3n) is 6.32. The van der Waals surface area contributed by atoms with Crippen LogP contribution < -0.4 is 5.32 Å². The number of esters is 1. The number of carbonyl (C=O) groups excluding carboxylic acids is 3. The monoisotopic (exact) mass is 492 g/mol. The fraction of sp³-hybridized carbons (Fsp3) is 0.308. The Balaban J connectivity index is 1.44. The second kappa shape index (κ2) is 10.5. The van der Waals surface area contributed by atoms with Crippen molar-refractivity contribution in [1.82, 2.24) is 9.47 Å². The topological polar surface area (TPSA) is 118 Å². The number of benzene rings is 1. The predicted octanol–water partition coefficient (Wildman–Crippen LogP) is 3.54. The van der Waals surface area contributed by atoms with Gasteiger partial charge in [-0.2, -0.15) is 5.26 Å². The molecule has 2 aromatic heterocycles. The molecule has 0 saturated carbocycles.